The number of ketones is 2. The molecule has 1 atom stereocenters. The molecule has 31 heavy (non-hydrogen) atoms. The van der Waals surface area contributed by atoms with Crippen LogP contribution in [0.1, 0.15) is 51.1 Å². The van der Waals surface area contributed by atoms with Crippen molar-refractivity contribution in [2.45, 2.75) is 38.3 Å². The minimum absolute atomic E-state index is 0.0180. The second-order valence-corrected chi connectivity index (χ2v) is 7.65. The predicted octanol–water partition coefficient (Wildman–Crippen LogP) is 1.97. The van der Waals surface area contributed by atoms with E-state index in [9.17, 15) is 28.4 Å². The van der Waals surface area contributed by atoms with Crippen molar-refractivity contribution in [2.75, 3.05) is 0 Å². The number of Topliss-reactive ketones (excluding diaryl/α,β-unsaturated/α-hetero) is 2. The van der Waals surface area contributed by atoms with Gasteiger partial charge in [-0.15, -0.1) is 0 Å². The van der Waals surface area contributed by atoms with Crippen molar-refractivity contribution in [1.29, 1.82) is 0 Å². The number of amides is 3. The van der Waals surface area contributed by atoms with E-state index in [1.54, 1.807) is 18.2 Å². The van der Waals surface area contributed by atoms with E-state index in [0.29, 0.717) is 12.0 Å². The highest BCUT2D eigenvalue weighted by molar-refractivity contribution is 6.43. The van der Waals surface area contributed by atoms with Gasteiger partial charge in [-0.25, -0.2) is 4.39 Å². The summed E-state index contributed by atoms with van der Waals surface area (Å²) in [6.07, 6.45) is 0.718. The van der Waals surface area contributed by atoms with Gasteiger partial charge in [0.05, 0.1) is 0 Å². The molecule has 7 nitrogen and oxygen atoms in total. The van der Waals surface area contributed by atoms with Crippen molar-refractivity contribution < 1.29 is 28.4 Å². The molecule has 0 spiro atoms. The van der Waals surface area contributed by atoms with Gasteiger partial charge in [0.15, 0.2) is 0 Å². The number of rotatable bonds is 6. The van der Waals surface area contributed by atoms with Gasteiger partial charge in [-0.1, -0.05) is 24.3 Å². The summed E-state index contributed by atoms with van der Waals surface area (Å²) in [6, 6.07) is 9.47. The van der Waals surface area contributed by atoms with Crippen LogP contribution < -0.4 is 5.32 Å². The maximum Gasteiger partial charge on any atom is 0.255 e. The molecule has 2 aliphatic rings. The van der Waals surface area contributed by atoms with E-state index in [-0.39, 0.29) is 43.2 Å². The fraction of sp³-hybridized carbons (Fsp3) is 0.261. The number of halogens is 1. The lowest BCUT2D eigenvalue weighted by atomic mass is 9.99. The molecular formula is C23H19FN2O5. The van der Waals surface area contributed by atoms with E-state index in [2.05, 4.69) is 5.32 Å². The Morgan fingerprint density at radius 2 is 1.90 bits per heavy atom. The number of hydrogen-bond donors (Lipinski definition) is 1. The number of piperidine rings is 1. The van der Waals surface area contributed by atoms with Crippen LogP contribution in [-0.2, 0) is 27.3 Å². The van der Waals surface area contributed by atoms with E-state index in [0.717, 1.165) is 17.2 Å². The van der Waals surface area contributed by atoms with Gasteiger partial charge in [0, 0.05) is 30.5 Å². The standard InChI is InChI=1S/C23H19FN2O5/c24-16-3-1-2-14(11-16)21(29)19(27)8-5-13-4-6-17-15(10-13)12-26(23(17)31)18-7-9-20(28)25-22(18)30/h1-4,6,10-11,18H,5,7-9,12H2,(H,25,28,30). The predicted molar refractivity (Wildman–Crippen MR) is 107 cm³/mol. The van der Waals surface area contributed by atoms with Crippen molar-refractivity contribution in [3.63, 3.8) is 0 Å². The molecule has 4 rings (SSSR count). The quantitative estimate of drug-likeness (QED) is 0.436. The Hall–Kier alpha value is -3.68. The number of benzene rings is 2. The highest BCUT2D eigenvalue weighted by Crippen LogP contribution is 2.28. The zero-order valence-electron chi connectivity index (χ0n) is 16.5. The second kappa shape index (κ2) is 8.22. The van der Waals surface area contributed by atoms with Gasteiger partial charge in [0.25, 0.3) is 5.91 Å². The van der Waals surface area contributed by atoms with Crippen LogP contribution in [0.15, 0.2) is 42.5 Å². The fourth-order valence-electron chi connectivity index (χ4n) is 3.95. The number of nitrogens with one attached hydrogen (secondary N) is 1. The topological polar surface area (TPSA) is 101 Å². The third-order valence-electron chi connectivity index (χ3n) is 5.57. The van der Waals surface area contributed by atoms with E-state index in [1.165, 1.54) is 23.1 Å². The van der Waals surface area contributed by atoms with Crippen molar-refractivity contribution in [2.24, 2.45) is 0 Å². The molecule has 1 fully saturated rings. The number of imide groups is 1. The Kier molecular flexibility index (Phi) is 5.46. The minimum atomic E-state index is -0.736. The first-order valence-electron chi connectivity index (χ1n) is 9.93. The van der Waals surface area contributed by atoms with E-state index >= 15 is 0 Å². The van der Waals surface area contributed by atoms with Crippen LogP contribution in [0.25, 0.3) is 0 Å². The number of carbonyl (C=O) groups excluding carboxylic acids is 5. The second-order valence-electron chi connectivity index (χ2n) is 7.65. The first-order valence-corrected chi connectivity index (χ1v) is 9.93. The molecule has 1 N–H and O–H groups in total. The summed E-state index contributed by atoms with van der Waals surface area (Å²) in [4.78, 5) is 62.0. The SMILES string of the molecule is O=C1CCC(N2Cc3cc(CCC(=O)C(=O)c4cccc(F)c4)ccc3C2=O)C(=O)N1. The summed E-state index contributed by atoms with van der Waals surface area (Å²) in [5, 5.41) is 2.26. The van der Waals surface area contributed by atoms with Crippen molar-refractivity contribution >= 4 is 29.3 Å². The molecule has 0 aliphatic carbocycles. The Labute approximate surface area is 177 Å². The molecule has 1 saturated heterocycles. The number of aryl methyl sites for hydroxylation is 1. The van der Waals surface area contributed by atoms with Gasteiger partial charge in [0.1, 0.15) is 11.9 Å². The molecular weight excluding hydrogens is 403 g/mol. The van der Waals surface area contributed by atoms with Gasteiger partial charge in [-0.2, -0.15) is 0 Å². The van der Waals surface area contributed by atoms with Crippen molar-refractivity contribution in [3.05, 3.63) is 70.5 Å². The smallest absolute Gasteiger partial charge is 0.255 e. The maximum atomic E-state index is 13.3. The van der Waals surface area contributed by atoms with Crippen LogP contribution >= 0.6 is 0 Å². The first-order chi connectivity index (χ1) is 14.8. The average Bonchev–Trinajstić information content (AvgIpc) is 3.07. The number of carbonyl (C=O) groups is 5. The monoisotopic (exact) mass is 422 g/mol. The van der Waals surface area contributed by atoms with Crippen LogP contribution in [0.2, 0.25) is 0 Å². The molecule has 2 aromatic rings. The largest absolute Gasteiger partial charge is 0.322 e. The van der Waals surface area contributed by atoms with E-state index in [4.69, 9.17) is 0 Å². The third-order valence-corrected chi connectivity index (χ3v) is 5.57. The van der Waals surface area contributed by atoms with Crippen LogP contribution in [-0.4, -0.2) is 40.2 Å². The van der Waals surface area contributed by atoms with E-state index in [1.807, 2.05) is 0 Å². The average molecular weight is 422 g/mol. The molecule has 0 aromatic heterocycles. The summed E-state index contributed by atoms with van der Waals surface area (Å²) >= 11 is 0. The molecule has 8 heteroatoms. The van der Waals surface area contributed by atoms with Crippen LogP contribution in [0.4, 0.5) is 4.39 Å². The lowest BCUT2D eigenvalue weighted by Gasteiger charge is -2.29. The van der Waals surface area contributed by atoms with Crippen LogP contribution in [0.5, 0.6) is 0 Å². The molecule has 2 aromatic carbocycles. The van der Waals surface area contributed by atoms with E-state index < -0.39 is 29.3 Å². The molecule has 3 amide bonds. The first kappa shape index (κ1) is 20.6. The molecule has 1 unspecified atom stereocenters. The molecule has 0 bridgehead atoms. The summed E-state index contributed by atoms with van der Waals surface area (Å²) in [5.74, 6) is -3.02. The van der Waals surface area contributed by atoms with Crippen molar-refractivity contribution in [1.82, 2.24) is 10.2 Å². The molecule has 2 heterocycles. The van der Waals surface area contributed by atoms with Gasteiger partial charge in [-0.05, 0) is 42.2 Å². The van der Waals surface area contributed by atoms with Crippen LogP contribution in [0, 0.1) is 5.82 Å². The molecule has 158 valence electrons. The molecule has 0 saturated carbocycles. The fourth-order valence-corrected chi connectivity index (χ4v) is 3.95. The van der Waals surface area contributed by atoms with Gasteiger partial charge < -0.3 is 4.90 Å². The van der Waals surface area contributed by atoms with Crippen molar-refractivity contribution in [3.8, 4) is 0 Å². The highest BCUT2D eigenvalue weighted by Gasteiger charge is 2.39. The minimum Gasteiger partial charge on any atom is -0.322 e. The summed E-state index contributed by atoms with van der Waals surface area (Å²) in [6.45, 7) is 0.241. The number of fused-ring (bicyclic) bond motifs is 1. The summed E-state index contributed by atoms with van der Waals surface area (Å²) in [7, 11) is 0. The Morgan fingerprint density at radius 3 is 2.65 bits per heavy atom. The lowest BCUT2D eigenvalue weighted by molar-refractivity contribution is -0.136. The maximum absolute atomic E-state index is 13.3. The molecule has 2 aliphatic heterocycles. The van der Waals surface area contributed by atoms with Gasteiger partial charge in [-0.3, -0.25) is 29.3 Å². The normalized spacial score (nSPS) is 18.0. The highest BCUT2D eigenvalue weighted by atomic mass is 19.1. The van der Waals surface area contributed by atoms with Gasteiger partial charge in [0.2, 0.25) is 23.4 Å². The number of nitrogens with zero attached hydrogens (tertiary/aromatic N) is 1. The Morgan fingerprint density at radius 1 is 1.10 bits per heavy atom. The zero-order chi connectivity index (χ0) is 22.1. The summed E-state index contributed by atoms with van der Waals surface area (Å²) < 4.78 is 13.3. The molecule has 0 radical (unpaired) electrons. The van der Waals surface area contributed by atoms with Gasteiger partial charge >= 0.3 is 0 Å². The lowest BCUT2D eigenvalue weighted by Crippen LogP contribution is -2.52. The number of hydrogen-bond acceptors (Lipinski definition) is 5. The summed E-state index contributed by atoms with van der Waals surface area (Å²) in [5.41, 5.74) is 2.01. The Bertz CT molecular complexity index is 1130. The third kappa shape index (κ3) is 4.14. The zero-order valence-corrected chi connectivity index (χ0v) is 16.5. The Balaban J connectivity index is 1.41. The van der Waals surface area contributed by atoms with Crippen LogP contribution in [0.3, 0.4) is 0 Å².